The van der Waals surface area contributed by atoms with Crippen LogP contribution in [0.5, 0.6) is 0 Å². The first-order valence-corrected chi connectivity index (χ1v) is 32.4. The van der Waals surface area contributed by atoms with E-state index in [9.17, 15) is 0 Å². The summed E-state index contributed by atoms with van der Waals surface area (Å²) in [6, 6.07) is 105. The van der Waals surface area contributed by atoms with E-state index in [2.05, 4.69) is 235 Å². The van der Waals surface area contributed by atoms with Crippen molar-refractivity contribution >= 4 is 65.4 Å². The topological polar surface area (TPSA) is 105 Å². The van der Waals surface area contributed by atoms with Crippen LogP contribution in [0.4, 0.5) is 0 Å². The summed E-state index contributed by atoms with van der Waals surface area (Å²) in [7, 11) is 0. The Morgan fingerprint density at radius 1 is 0.208 bits per heavy atom. The fourth-order valence-electron chi connectivity index (χ4n) is 14.2. The highest BCUT2D eigenvalue weighted by molar-refractivity contribution is 6.16. The van der Waals surface area contributed by atoms with E-state index in [1.54, 1.807) is 0 Å². The van der Waals surface area contributed by atoms with Crippen molar-refractivity contribution in [3.8, 4) is 108 Å². The Hall–Kier alpha value is -12.8. The van der Waals surface area contributed by atoms with Gasteiger partial charge in [0.15, 0.2) is 40.8 Å². The van der Waals surface area contributed by atoms with Crippen molar-refractivity contribution in [1.82, 2.24) is 48.6 Å². The molecule has 0 aliphatic carbocycles. The van der Waals surface area contributed by atoms with E-state index in [0.717, 1.165) is 138 Å². The lowest BCUT2D eigenvalue weighted by molar-refractivity contribution is 0.986. The number of pyridine rings is 1. The van der Waals surface area contributed by atoms with Crippen LogP contribution in [0, 0.1) is 20.8 Å². The maximum Gasteiger partial charge on any atom is 0.165 e. The van der Waals surface area contributed by atoms with Gasteiger partial charge in [-0.2, -0.15) is 0 Å². The van der Waals surface area contributed by atoms with Gasteiger partial charge in [0.05, 0.1) is 38.8 Å². The fraction of sp³-hybridized carbons (Fsp3) is 0.0349. The number of para-hydroxylation sites is 3. The molecule has 12 aromatic carbocycles. The van der Waals surface area contributed by atoms with Crippen LogP contribution in [0.2, 0.25) is 0 Å². The van der Waals surface area contributed by atoms with Gasteiger partial charge >= 0.3 is 0 Å². The smallest absolute Gasteiger partial charge is 0.165 e. The predicted molar refractivity (Wildman–Crippen MR) is 392 cm³/mol. The molecule has 0 atom stereocenters. The molecule has 0 saturated carbocycles. The third-order valence-electron chi connectivity index (χ3n) is 18.5. The van der Waals surface area contributed by atoms with Crippen molar-refractivity contribution in [2.24, 2.45) is 0 Å². The molecule has 10 nitrogen and oxygen atoms in total. The van der Waals surface area contributed by atoms with Crippen LogP contribution >= 0.6 is 0 Å². The maximum absolute atomic E-state index is 6.46. The van der Waals surface area contributed by atoms with Crippen molar-refractivity contribution in [3.63, 3.8) is 0 Å². The minimum absolute atomic E-state index is 0.415. The fourth-order valence-corrected chi connectivity index (χ4v) is 14.2. The largest absolute Gasteiger partial charge is 0.305 e. The van der Waals surface area contributed by atoms with Gasteiger partial charge < -0.3 is 4.57 Å². The molecule has 18 rings (SSSR count). The van der Waals surface area contributed by atoms with Crippen molar-refractivity contribution in [1.29, 1.82) is 0 Å². The molecule has 0 fully saturated rings. The summed E-state index contributed by atoms with van der Waals surface area (Å²) < 4.78 is 7.28. The summed E-state index contributed by atoms with van der Waals surface area (Å²) in [6.45, 7) is 6.51. The minimum atomic E-state index is 0.415. The lowest BCUT2D eigenvalue weighted by Gasteiger charge is -2.27. The Bertz CT molecular complexity index is 5980. The molecule has 6 heterocycles. The zero-order valence-corrected chi connectivity index (χ0v) is 52.8. The van der Waals surface area contributed by atoms with Crippen LogP contribution in [-0.2, 0) is 0 Å². The summed E-state index contributed by atoms with van der Waals surface area (Å²) in [5.74, 6) is 4.32. The standard InChI is InChI=1S/C86H58N10/c1-53-44-47-72-66(50-53)61-36-19-22-41-69(61)94(72)78-77(75(56-26-9-4-10-27-56)85(95-70-42-23-20-37-62(70)67-51-54(2)45-48-73(67)95)93-86(78)96-71-43-24-21-38-63(71)68-52-55(3)46-49-74(68)96)64-39-25-40-65(83-89-79(57-28-11-5-12-29-57)87-80(90-83)58-30-13-6-14-31-58)76(64)84-91-81(59-32-15-7-16-33-59)88-82(92-84)60-34-17-8-18-35-60/h4-52H,1-3H3. The number of aromatic nitrogens is 10. The number of benzene rings is 12. The highest BCUT2D eigenvalue weighted by atomic mass is 15.2. The van der Waals surface area contributed by atoms with Crippen LogP contribution in [0.25, 0.3) is 173 Å². The van der Waals surface area contributed by atoms with Crippen molar-refractivity contribution in [2.75, 3.05) is 0 Å². The Labute approximate surface area is 553 Å². The normalized spacial score (nSPS) is 11.7. The first-order valence-electron chi connectivity index (χ1n) is 32.4. The van der Waals surface area contributed by atoms with Crippen molar-refractivity contribution < 1.29 is 0 Å². The molecule has 6 aromatic heterocycles. The van der Waals surface area contributed by atoms with E-state index in [0.29, 0.717) is 51.9 Å². The molecule has 0 saturated heterocycles. The molecular weight excluding hydrogens is 1170 g/mol. The average Bonchev–Trinajstić information content (AvgIpc) is 1.43. The van der Waals surface area contributed by atoms with Crippen molar-refractivity contribution in [3.05, 3.63) is 314 Å². The van der Waals surface area contributed by atoms with Crippen molar-refractivity contribution in [2.45, 2.75) is 20.8 Å². The molecule has 10 heteroatoms. The zero-order valence-electron chi connectivity index (χ0n) is 52.8. The highest BCUT2D eigenvalue weighted by Gasteiger charge is 2.34. The van der Waals surface area contributed by atoms with Crippen LogP contribution in [0.15, 0.2) is 297 Å². The number of nitrogens with zero attached hydrogens (tertiary/aromatic N) is 10. The Morgan fingerprint density at radius 2 is 0.531 bits per heavy atom. The molecule has 0 aliphatic rings. The van der Waals surface area contributed by atoms with Gasteiger partial charge in [0.2, 0.25) is 0 Å². The molecule has 96 heavy (non-hydrogen) atoms. The van der Waals surface area contributed by atoms with E-state index in [1.165, 1.54) is 0 Å². The zero-order chi connectivity index (χ0) is 64.0. The van der Waals surface area contributed by atoms with Gasteiger partial charge in [-0.15, -0.1) is 0 Å². The monoisotopic (exact) mass is 1230 g/mol. The molecule has 0 aliphatic heterocycles. The van der Waals surface area contributed by atoms with Crippen LogP contribution < -0.4 is 0 Å². The summed E-state index contributed by atoms with van der Waals surface area (Å²) in [5.41, 5.74) is 18.5. The molecule has 0 spiro atoms. The molecule has 0 radical (unpaired) electrons. The molecule has 452 valence electrons. The molecule has 0 bridgehead atoms. The molecule has 18 aromatic rings. The van der Waals surface area contributed by atoms with Gasteiger partial charge in [0.25, 0.3) is 0 Å². The van der Waals surface area contributed by atoms with Gasteiger partial charge in [-0.3, -0.25) is 9.13 Å². The molecule has 0 N–H and O–H groups in total. The van der Waals surface area contributed by atoms with Gasteiger partial charge in [0.1, 0.15) is 5.82 Å². The summed E-state index contributed by atoms with van der Waals surface area (Å²) in [5, 5.41) is 6.68. The Kier molecular flexibility index (Phi) is 13.3. The number of hydrogen-bond donors (Lipinski definition) is 0. The van der Waals surface area contributed by atoms with E-state index in [-0.39, 0.29) is 0 Å². The maximum atomic E-state index is 6.46. The van der Waals surface area contributed by atoms with Gasteiger partial charge in [-0.05, 0) is 86.5 Å². The lowest BCUT2D eigenvalue weighted by Crippen LogP contribution is -2.14. The third-order valence-corrected chi connectivity index (χ3v) is 18.5. The van der Waals surface area contributed by atoms with Gasteiger partial charge in [0, 0.05) is 76.8 Å². The van der Waals surface area contributed by atoms with E-state index in [1.807, 2.05) is 97.1 Å². The quantitative estimate of drug-likeness (QED) is 0.127. The molecular formula is C86H58N10. The van der Waals surface area contributed by atoms with E-state index < -0.39 is 0 Å². The lowest BCUT2D eigenvalue weighted by atomic mass is 9.87. The first kappa shape index (κ1) is 56.0. The second-order valence-electron chi connectivity index (χ2n) is 24.6. The molecule has 0 amide bonds. The van der Waals surface area contributed by atoms with Gasteiger partial charge in [-0.1, -0.05) is 259 Å². The Morgan fingerprint density at radius 3 is 0.958 bits per heavy atom. The predicted octanol–water partition coefficient (Wildman–Crippen LogP) is 21.0. The second-order valence-corrected chi connectivity index (χ2v) is 24.6. The summed E-state index contributed by atoms with van der Waals surface area (Å²) >= 11 is 0. The number of hydrogen-bond acceptors (Lipinski definition) is 7. The van der Waals surface area contributed by atoms with Gasteiger partial charge in [-0.25, -0.2) is 34.9 Å². The first-order chi connectivity index (χ1) is 47.4. The van der Waals surface area contributed by atoms with Crippen LogP contribution in [0.3, 0.4) is 0 Å². The minimum Gasteiger partial charge on any atom is -0.305 e. The molecule has 0 unspecified atom stereocenters. The number of aryl methyl sites for hydroxylation is 3. The number of fused-ring (bicyclic) bond motifs is 9. The summed E-state index contributed by atoms with van der Waals surface area (Å²) in [4.78, 5) is 39.7. The Balaban J connectivity index is 1.12. The van der Waals surface area contributed by atoms with E-state index in [4.69, 9.17) is 34.9 Å². The van der Waals surface area contributed by atoms with Crippen LogP contribution in [-0.4, -0.2) is 48.6 Å². The van der Waals surface area contributed by atoms with Crippen LogP contribution in [0.1, 0.15) is 16.7 Å². The summed E-state index contributed by atoms with van der Waals surface area (Å²) in [6.07, 6.45) is 0. The average molecular weight is 1230 g/mol. The number of rotatable bonds is 11. The highest BCUT2D eigenvalue weighted by Crippen LogP contribution is 2.52. The SMILES string of the molecule is Cc1ccc2c(c1)c1ccccc1n2-c1nc(-n2c3ccccc3c3cc(C)ccc32)c(-n2c3ccccc3c3cc(C)ccc32)c(-c2cccc(-c3nc(-c4ccccc4)nc(-c4ccccc4)n3)c2-c2nc(-c3ccccc3)nc(-c3ccccc3)n2)c1-c1ccccc1. The van der Waals surface area contributed by atoms with E-state index >= 15 is 0 Å². The third kappa shape index (κ3) is 9.29. The second kappa shape index (κ2) is 22.8.